The van der Waals surface area contributed by atoms with Crippen molar-refractivity contribution in [3.05, 3.63) is 88.3 Å². The molecule has 1 aromatic heterocycles. The summed E-state index contributed by atoms with van der Waals surface area (Å²) >= 11 is 6.21. The number of rotatable bonds is 5. The number of alkyl halides is 3. The normalized spacial score (nSPS) is 13.8. The Labute approximate surface area is 192 Å². The number of fused-ring (bicyclic) bond motifs is 1. The molecular formula is C24H20ClF4N3O. The van der Waals surface area contributed by atoms with E-state index in [4.69, 9.17) is 11.6 Å². The highest BCUT2D eigenvalue weighted by Crippen LogP contribution is 2.41. The van der Waals surface area contributed by atoms with Crippen LogP contribution in [0.1, 0.15) is 16.7 Å². The molecule has 4 nitrogen and oxygen atoms in total. The van der Waals surface area contributed by atoms with E-state index in [0.29, 0.717) is 27.8 Å². The summed E-state index contributed by atoms with van der Waals surface area (Å²) in [6.45, 7) is 2.72. The molecule has 3 aromatic carbocycles. The van der Waals surface area contributed by atoms with Crippen molar-refractivity contribution in [1.82, 2.24) is 9.78 Å². The topological polar surface area (TPSA) is 50.1 Å². The zero-order valence-corrected chi connectivity index (χ0v) is 18.5. The van der Waals surface area contributed by atoms with E-state index in [-0.39, 0.29) is 10.6 Å². The second-order valence-electron chi connectivity index (χ2n) is 7.96. The van der Waals surface area contributed by atoms with E-state index in [0.717, 1.165) is 5.56 Å². The van der Waals surface area contributed by atoms with Crippen LogP contribution in [-0.2, 0) is 5.60 Å². The van der Waals surface area contributed by atoms with E-state index in [1.807, 2.05) is 6.92 Å². The lowest BCUT2D eigenvalue weighted by Crippen LogP contribution is -2.47. The molecule has 1 unspecified atom stereocenters. The summed E-state index contributed by atoms with van der Waals surface area (Å²) < 4.78 is 57.0. The van der Waals surface area contributed by atoms with Crippen LogP contribution in [-0.4, -0.2) is 27.6 Å². The maximum absolute atomic E-state index is 14.1. The number of halogens is 5. The number of hydrogen-bond acceptors (Lipinski definition) is 3. The summed E-state index contributed by atoms with van der Waals surface area (Å²) in [6, 6.07) is 12.9. The minimum absolute atomic E-state index is 0.271. The third-order valence-corrected chi connectivity index (χ3v) is 5.84. The number of nitrogens with one attached hydrogen (secondary N) is 1. The van der Waals surface area contributed by atoms with Crippen molar-refractivity contribution in [3.63, 3.8) is 0 Å². The van der Waals surface area contributed by atoms with Gasteiger partial charge in [0.15, 0.2) is 0 Å². The largest absolute Gasteiger partial charge is 0.423 e. The van der Waals surface area contributed by atoms with Gasteiger partial charge in [0.25, 0.3) is 0 Å². The van der Waals surface area contributed by atoms with Crippen LogP contribution in [0.4, 0.5) is 23.2 Å². The fraction of sp³-hybridized carbons (Fsp3) is 0.208. The number of hydrogen-bond donors (Lipinski definition) is 2. The summed E-state index contributed by atoms with van der Waals surface area (Å²) in [5.41, 5.74) is -0.584. The Bertz CT molecular complexity index is 1290. The molecule has 9 heteroatoms. The predicted molar refractivity (Wildman–Crippen MR) is 120 cm³/mol. The molecule has 0 saturated heterocycles. The Morgan fingerprint density at radius 3 is 2.36 bits per heavy atom. The Hall–Kier alpha value is -3.10. The monoisotopic (exact) mass is 477 g/mol. The van der Waals surface area contributed by atoms with Crippen molar-refractivity contribution in [3.8, 4) is 5.69 Å². The SMILES string of the molecule is Cc1cc(C)c(NCC(O)(c2ccc3c(cnn3-c3ccc(F)cc3)c2)C(F)(F)F)c(Cl)c1. The van der Waals surface area contributed by atoms with Crippen LogP contribution in [0.2, 0.25) is 5.02 Å². The van der Waals surface area contributed by atoms with Gasteiger partial charge in [-0.25, -0.2) is 9.07 Å². The molecule has 0 aliphatic carbocycles. The molecule has 1 atom stereocenters. The molecular weight excluding hydrogens is 458 g/mol. The van der Waals surface area contributed by atoms with Crippen LogP contribution in [0.15, 0.2) is 60.8 Å². The quantitative estimate of drug-likeness (QED) is 0.332. The maximum Gasteiger partial charge on any atom is 0.423 e. The summed E-state index contributed by atoms with van der Waals surface area (Å²) in [5, 5.41) is 18.4. The van der Waals surface area contributed by atoms with Crippen LogP contribution in [0.5, 0.6) is 0 Å². The number of nitrogens with zero attached hydrogens (tertiary/aromatic N) is 2. The summed E-state index contributed by atoms with van der Waals surface area (Å²) in [6.07, 6.45) is -3.57. The van der Waals surface area contributed by atoms with E-state index < -0.39 is 24.1 Å². The van der Waals surface area contributed by atoms with Gasteiger partial charge >= 0.3 is 6.18 Å². The van der Waals surface area contributed by atoms with Crippen LogP contribution in [0.3, 0.4) is 0 Å². The first-order valence-corrected chi connectivity index (χ1v) is 10.4. The molecule has 0 aliphatic heterocycles. The van der Waals surface area contributed by atoms with Crippen molar-refractivity contribution in [1.29, 1.82) is 0 Å². The molecule has 0 bridgehead atoms. The third-order valence-electron chi connectivity index (χ3n) is 5.54. The molecule has 4 rings (SSSR count). The second-order valence-corrected chi connectivity index (χ2v) is 8.36. The van der Waals surface area contributed by atoms with Crippen molar-refractivity contribution in [2.45, 2.75) is 25.6 Å². The average molecular weight is 478 g/mol. The van der Waals surface area contributed by atoms with E-state index in [2.05, 4.69) is 10.4 Å². The molecule has 1 heterocycles. The highest BCUT2D eigenvalue weighted by Gasteiger charge is 2.55. The fourth-order valence-corrected chi connectivity index (χ4v) is 4.19. The smallest absolute Gasteiger partial charge is 0.380 e. The number of anilines is 1. The number of aromatic nitrogens is 2. The van der Waals surface area contributed by atoms with Gasteiger partial charge in [-0.3, -0.25) is 0 Å². The van der Waals surface area contributed by atoms with Gasteiger partial charge in [0.05, 0.1) is 34.7 Å². The summed E-state index contributed by atoms with van der Waals surface area (Å²) in [7, 11) is 0. The molecule has 0 spiro atoms. The first-order chi connectivity index (χ1) is 15.5. The number of aliphatic hydroxyl groups is 1. The van der Waals surface area contributed by atoms with E-state index >= 15 is 0 Å². The molecule has 0 radical (unpaired) electrons. The highest BCUT2D eigenvalue weighted by atomic mass is 35.5. The fourth-order valence-electron chi connectivity index (χ4n) is 3.80. The maximum atomic E-state index is 14.1. The van der Waals surface area contributed by atoms with Gasteiger partial charge in [-0.05, 0) is 73.0 Å². The van der Waals surface area contributed by atoms with E-state index in [9.17, 15) is 22.7 Å². The van der Waals surface area contributed by atoms with Crippen LogP contribution < -0.4 is 5.32 Å². The molecule has 0 fully saturated rings. The average Bonchev–Trinajstić information content (AvgIpc) is 3.16. The van der Waals surface area contributed by atoms with Gasteiger partial charge in [0, 0.05) is 5.39 Å². The molecule has 4 aromatic rings. The lowest BCUT2D eigenvalue weighted by Gasteiger charge is -2.32. The predicted octanol–water partition coefficient (Wildman–Crippen LogP) is 6.30. The van der Waals surface area contributed by atoms with Crippen molar-refractivity contribution in [2.24, 2.45) is 0 Å². The van der Waals surface area contributed by atoms with Gasteiger partial charge in [0.1, 0.15) is 5.82 Å². The first-order valence-electron chi connectivity index (χ1n) is 10.0. The molecule has 172 valence electrons. The van der Waals surface area contributed by atoms with Crippen molar-refractivity contribution in [2.75, 3.05) is 11.9 Å². The van der Waals surface area contributed by atoms with Crippen LogP contribution in [0, 0.1) is 19.7 Å². The van der Waals surface area contributed by atoms with Crippen molar-refractivity contribution >= 4 is 28.2 Å². The minimum Gasteiger partial charge on any atom is -0.380 e. The van der Waals surface area contributed by atoms with Crippen molar-refractivity contribution < 1.29 is 22.7 Å². The van der Waals surface area contributed by atoms with Gasteiger partial charge in [0.2, 0.25) is 5.60 Å². The summed E-state index contributed by atoms with van der Waals surface area (Å²) in [4.78, 5) is 0. The standard InChI is InChI=1S/C24H20ClF4N3O/c1-14-9-15(2)22(20(25)10-14)30-13-23(33,24(27,28)29)17-3-8-21-16(11-17)12-31-32(21)19-6-4-18(26)5-7-19/h3-12,30,33H,13H2,1-2H3. The van der Waals surface area contributed by atoms with Gasteiger partial charge in [-0.2, -0.15) is 18.3 Å². The van der Waals surface area contributed by atoms with Gasteiger partial charge < -0.3 is 10.4 Å². The zero-order valence-electron chi connectivity index (χ0n) is 17.7. The third kappa shape index (κ3) is 4.28. The van der Waals surface area contributed by atoms with Crippen LogP contribution >= 0.6 is 11.6 Å². The molecule has 0 amide bonds. The molecule has 33 heavy (non-hydrogen) atoms. The molecule has 2 N–H and O–H groups in total. The summed E-state index contributed by atoms with van der Waals surface area (Å²) in [5.74, 6) is -0.413. The lowest BCUT2D eigenvalue weighted by atomic mass is 9.91. The van der Waals surface area contributed by atoms with Gasteiger partial charge in [-0.15, -0.1) is 0 Å². The zero-order chi connectivity index (χ0) is 24.0. The highest BCUT2D eigenvalue weighted by molar-refractivity contribution is 6.33. The minimum atomic E-state index is -4.97. The van der Waals surface area contributed by atoms with E-state index in [1.165, 1.54) is 53.3 Å². The molecule has 0 saturated carbocycles. The lowest BCUT2D eigenvalue weighted by molar-refractivity contribution is -0.260. The second kappa shape index (κ2) is 8.35. The Balaban J connectivity index is 1.71. The number of benzene rings is 3. The molecule has 0 aliphatic rings. The van der Waals surface area contributed by atoms with Gasteiger partial charge in [-0.1, -0.05) is 23.7 Å². The Kier molecular flexibility index (Phi) is 5.84. The first kappa shape index (κ1) is 23.1. The Morgan fingerprint density at radius 1 is 1.03 bits per heavy atom. The van der Waals surface area contributed by atoms with E-state index in [1.54, 1.807) is 19.1 Å². The van der Waals surface area contributed by atoms with Crippen LogP contribution in [0.25, 0.3) is 16.6 Å². The Morgan fingerprint density at radius 2 is 1.73 bits per heavy atom. The number of aryl methyl sites for hydroxylation is 2.